The van der Waals surface area contributed by atoms with Gasteiger partial charge in [0.1, 0.15) is 5.78 Å². The summed E-state index contributed by atoms with van der Waals surface area (Å²) in [6, 6.07) is 0. The summed E-state index contributed by atoms with van der Waals surface area (Å²) in [7, 11) is 0. The smallest absolute Gasteiger partial charge is 0.136 e. The Labute approximate surface area is 83.6 Å². The van der Waals surface area contributed by atoms with Crippen LogP contribution in [0.1, 0.15) is 25.5 Å². The van der Waals surface area contributed by atoms with Crippen molar-refractivity contribution in [2.45, 2.75) is 32.7 Å². The Kier molecular flexibility index (Phi) is 4.32. The average molecular weight is 196 g/mol. The number of aryl methyl sites for hydroxylation is 2. The summed E-state index contributed by atoms with van der Waals surface area (Å²) in [6.45, 7) is 2.68. The molecule has 1 heterocycles. The monoisotopic (exact) mass is 196 g/mol. The molecule has 0 aliphatic heterocycles. The number of nitrogens with zero attached hydrogens (tertiary/aromatic N) is 2. The Bertz CT molecular complexity index is 294. The Hall–Kier alpha value is -1.16. The molecule has 14 heavy (non-hydrogen) atoms. The van der Waals surface area contributed by atoms with E-state index in [9.17, 15) is 4.79 Å². The van der Waals surface area contributed by atoms with Gasteiger partial charge in [0.05, 0.1) is 6.33 Å². The number of aliphatic hydroxyl groups is 1. The molecule has 0 aliphatic carbocycles. The molecule has 0 atom stereocenters. The van der Waals surface area contributed by atoms with Gasteiger partial charge in [0.15, 0.2) is 0 Å². The molecule has 0 bridgehead atoms. The van der Waals surface area contributed by atoms with E-state index in [0.29, 0.717) is 13.0 Å². The molecule has 1 aromatic rings. The maximum absolute atomic E-state index is 11.1. The second-order valence-electron chi connectivity index (χ2n) is 3.19. The fourth-order valence-corrected chi connectivity index (χ4v) is 1.34. The van der Waals surface area contributed by atoms with Crippen LogP contribution in [0, 0.1) is 0 Å². The number of carbonyl (C=O) groups excluding carboxylic acids is 1. The van der Waals surface area contributed by atoms with Crippen molar-refractivity contribution in [3.63, 3.8) is 0 Å². The first-order valence-corrected chi connectivity index (χ1v) is 4.89. The van der Waals surface area contributed by atoms with Crippen LogP contribution >= 0.6 is 0 Å². The molecule has 0 aromatic carbocycles. The van der Waals surface area contributed by atoms with Crippen LogP contribution in [0.4, 0.5) is 0 Å². The van der Waals surface area contributed by atoms with Gasteiger partial charge in [-0.3, -0.25) is 4.79 Å². The van der Waals surface area contributed by atoms with Crippen molar-refractivity contribution < 1.29 is 9.90 Å². The molecule has 0 radical (unpaired) electrons. The first kappa shape index (κ1) is 10.9. The minimum atomic E-state index is -0.0522. The van der Waals surface area contributed by atoms with Crippen LogP contribution in [0.25, 0.3) is 0 Å². The van der Waals surface area contributed by atoms with Crippen LogP contribution in [0.5, 0.6) is 0 Å². The zero-order valence-electron chi connectivity index (χ0n) is 8.44. The SMILES string of the molecule is CCc1cncn1CCC(=O)CCO. The van der Waals surface area contributed by atoms with Crippen molar-refractivity contribution in [2.24, 2.45) is 0 Å². The van der Waals surface area contributed by atoms with E-state index in [1.807, 2.05) is 10.8 Å². The third-order valence-electron chi connectivity index (χ3n) is 2.18. The third kappa shape index (κ3) is 2.96. The summed E-state index contributed by atoms with van der Waals surface area (Å²) >= 11 is 0. The molecule has 0 amide bonds. The summed E-state index contributed by atoms with van der Waals surface area (Å²) in [5, 5.41) is 8.55. The van der Waals surface area contributed by atoms with Crippen molar-refractivity contribution in [2.75, 3.05) is 6.61 Å². The number of carbonyl (C=O) groups is 1. The lowest BCUT2D eigenvalue weighted by Gasteiger charge is -2.04. The Morgan fingerprint density at radius 3 is 3.00 bits per heavy atom. The minimum Gasteiger partial charge on any atom is -0.396 e. The number of ketones is 1. The van der Waals surface area contributed by atoms with Crippen LogP contribution in [-0.4, -0.2) is 27.0 Å². The molecule has 0 spiro atoms. The zero-order valence-corrected chi connectivity index (χ0v) is 8.44. The fraction of sp³-hybridized carbons (Fsp3) is 0.600. The van der Waals surface area contributed by atoms with E-state index >= 15 is 0 Å². The van der Waals surface area contributed by atoms with Gasteiger partial charge in [0.2, 0.25) is 0 Å². The molecule has 1 aromatic heterocycles. The molecule has 0 saturated carbocycles. The van der Waals surface area contributed by atoms with E-state index in [1.54, 1.807) is 6.33 Å². The molecule has 4 nitrogen and oxygen atoms in total. The van der Waals surface area contributed by atoms with Crippen LogP contribution in [0.3, 0.4) is 0 Å². The summed E-state index contributed by atoms with van der Waals surface area (Å²) in [5.41, 5.74) is 1.14. The van der Waals surface area contributed by atoms with Crippen molar-refractivity contribution in [1.29, 1.82) is 0 Å². The molecular formula is C10H16N2O2. The highest BCUT2D eigenvalue weighted by Gasteiger charge is 2.03. The topological polar surface area (TPSA) is 55.1 Å². The number of rotatable bonds is 6. The highest BCUT2D eigenvalue weighted by Crippen LogP contribution is 2.02. The quantitative estimate of drug-likeness (QED) is 0.731. The average Bonchev–Trinajstić information content (AvgIpc) is 2.62. The van der Waals surface area contributed by atoms with Gasteiger partial charge in [-0.05, 0) is 6.42 Å². The van der Waals surface area contributed by atoms with E-state index in [-0.39, 0.29) is 18.8 Å². The van der Waals surface area contributed by atoms with E-state index < -0.39 is 0 Å². The largest absolute Gasteiger partial charge is 0.396 e. The van der Waals surface area contributed by atoms with Gasteiger partial charge < -0.3 is 9.67 Å². The number of aromatic nitrogens is 2. The summed E-state index contributed by atoms with van der Waals surface area (Å²) in [6.07, 6.45) is 5.22. The third-order valence-corrected chi connectivity index (χ3v) is 2.18. The van der Waals surface area contributed by atoms with Crippen LogP contribution in [-0.2, 0) is 17.8 Å². The van der Waals surface area contributed by atoms with E-state index in [0.717, 1.165) is 12.1 Å². The predicted octanol–water partition coefficient (Wildman–Crippen LogP) is 0.787. The number of hydrogen-bond donors (Lipinski definition) is 1. The molecule has 0 aliphatic rings. The second kappa shape index (κ2) is 5.54. The van der Waals surface area contributed by atoms with Crippen molar-refractivity contribution in [3.8, 4) is 0 Å². The number of Topliss-reactive ketones (excluding diaryl/α,β-unsaturated/α-hetero) is 1. The zero-order chi connectivity index (χ0) is 10.4. The van der Waals surface area contributed by atoms with Gasteiger partial charge in [-0.1, -0.05) is 6.92 Å². The van der Waals surface area contributed by atoms with Gasteiger partial charge >= 0.3 is 0 Å². The Morgan fingerprint density at radius 1 is 1.57 bits per heavy atom. The normalized spacial score (nSPS) is 10.4. The van der Waals surface area contributed by atoms with Gasteiger partial charge in [-0.15, -0.1) is 0 Å². The lowest BCUT2D eigenvalue weighted by atomic mass is 10.2. The van der Waals surface area contributed by atoms with Crippen LogP contribution in [0.15, 0.2) is 12.5 Å². The second-order valence-corrected chi connectivity index (χ2v) is 3.19. The molecule has 0 fully saturated rings. The van der Waals surface area contributed by atoms with E-state index in [2.05, 4.69) is 11.9 Å². The summed E-state index contributed by atoms with van der Waals surface area (Å²) in [4.78, 5) is 15.2. The number of hydrogen-bond acceptors (Lipinski definition) is 3. The maximum atomic E-state index is 11.1. The van der Waals surface area contributed by atoms with Gasteiger partial charge in [-0.2, -0.15) is 0 Å². The molecule has 1 rings (SSSR count). The lowest BCUT2D eigenvalue weighted by molar-refractivity contribution is -0.119. The van der Waals surface area contributed by atoms with Crippen molar-refractivity contribution in [3.05, 3.63) is 18.2 Å². The molecule has 1 N–H and O–H groups in total. The highest BCUT2D eigenvalue weighted by molar-refractivity contribution is 5.78. The van der Waals surface area contributed by atoms with Crippen molar-refractivity contribution in [1.82, 2.24) is 9.55 Å². The van der Waals surface area contributed by atoms with Crippen molar-refractivity contribution >= 4 is 5.78 Å². The first-order valence-electron chi connectivity index (χ1n) is 4.89. The van der Waals surface area contributed by atoms with Gasteiger partial charge in [0.25, 0.3) is 0 Å². The number of imidazole rings is 1. The summed E-state index contributed by atoms with van der Waals surface area (Å²) < 4.78 is 1.98. The predicted molar refractivity (Wildman–Crippen MR) is 52.9 cm³/mol. The Balaban J connectivity index is 2.41. The van der Waals surface area contributed by atoms with E-state index in [4.69, 9.17) is 5.11 Å². The Morgan fingerprint density at radius 2 is 2.36 bits per heavy atom. The highest BCUT2D eigenvalue weighted by atomic mass is 16.3. The van der Waals surface area contributed by atoms with Gasteiger partial charge in [0, 0.05) is 37.9 Å². The van der Waals surface area contributed by atoms with E-state index in [1.165, 1.54) is 0 Å². The van der Waals surface area contributed by atoms with Crippen LogP contribution in [0.2, 0.25) is 0 Å². The molecular weight excluding hydrogens is 180 g/mol. The molecule has 0 saturated heterocycles. The lowest BCUT2D eigenvalue weighted by Crippen LogP contribution is -2.08. The molecule has 78 valence electrons. The van der Waals surface area contributed by atoms with Crippen LogP contribution < -0.4 is 0 Å². The maximum Gasteiger partial charge on any atom is 0.136 e. The summed E-state index contributed by atoms with van der Waals surface area (Å²) in [5.74, 6) is 0.100. The standard InChI is InChI=1S/C10H16N2O2/c1-2-9-7-11-8-12(9)5-3-10(14)4-6-13/h7-8,13H,2-6H2,1H3. The molecule has 4 heteroatoms. The minimum absolute atomic E-state index is 0.0522. The first-order chi connectivity index (χ1) is 6.77. The van der Waals surface area contributed by atoms with Gasteiger partial charge in [-0.25, -0.2) is 4.98 Å². The number of aliphatic hydroxyl groups excluding tert-OH is 1. The fourth-order valence-electron chi connectivity index (χ4n) is 1.34. The molecule has 0 unspecified atom stereocenters.